The number of amides is 2. The standard InChI is InChI=1S/C45H50FN11O4/c1-3-19-56-42(60)33-23-47-43(52-40(33)57(56)37-13-5-28-15-18-45(61,4-2)39(28)50-37)49-29-6-9-31(10-7-29)53-20-16-32(17-21-53)54-24-44(25-54)26-55(27-44)36-12-8-30(22-34(36)46)48-35-11-14-38(58)51-41(35)59/h3,5-10,12-13,22-23,32,35,48,61H,1,4,11,14-21,24-27H2,2H3,(H,47,49,52)(H,51,58,59)/t35?,45-/m1/s1. The van der Waals surface area contributed by atoms with Crippen LogP contribution >= 0.6 is 0 Å². The number of likely N-dealkylation sites (tertiary alicyclic amines) is 1. The fraction of sp³-hybridized carbons (Fsp3) is 0.422. The molecule has 4 aliphatic heterocycles. The molecule has 2 aromatic carbocycles. The number of aromatic nitrogens is 5. The number of imide groups is 1. The number of halogens is 1. The lowest BCUT2D eigenvalue weighted by molar-refractivity contribution is -0.133. The van der Waals surface area contributed by atoms with Gasteiger partial charge < -0.3 is 25.5 Å². The van der Waals surface area contributed by atoms with E-state index in [0.29, 0.717) is 65.2 Å². The topological polar surface area (TPSA) is 166 Å². The van der Waals surface area contributed by atoms with Gasteiger partial charge in [-0.3, -0.25) is 24.6 Å². The lowest BCUT2D eigenvalue weighted by atomic mass is 9.71. The summed E-state index contributed by atoms with van der Waals surface area (Å²) in [4.78, 5) is 58.4. The number of nitrogens with one attached hydrogen (secondary N) is 3. The number of aryl methyl sites for hydroxylation is 1. The first-order chi connectivity index (χ1) is 29.5. The maximum Gasteiger partial charge on any atom is 0.278 e. The number of fused-ring (bicyclic) bond motifs is 2. The number of piperidine rings is 2. The van der Waals surface area contributed by atoms with Crippen molar-refractivity contribution in [1.82, 2.24) is 34.5 Å². The van der Waals surface area contributed by atoms with E-state index in [4.69, 9.17) is 9.97 Å². The molecular weight excluding hydrogens is 778 g/mol. The van der Waals surface area contributed by atoms with Crippen LogP contribution in [0.5, 0.6) is 0 Å². The van der Waals surface area contributed by atoms with Crippen LogP contribution in [-0.2, 0) is 28.2 Å². The van der Waals surface area contributed by atoms with Gasteiger partial charge in [-0.15, -0.1) is 6.58 Å². The summed E-state index contributed by atoms with van der Waals surface area (Å²) in [6.45, 7) is 11.7. The first-order valence-corrected chi connectivity index (χ1v) is 21.4. The van der Waals surface area contributed by atoms with Gasteiger partial charge >= 0.3 is 0 Å². The molecule has 3 aromatic heterocycles. The SMILES string of the molecule is C=CCn1c(=O)c2cnc(Nc3ccc(N4CCC(N5CC6(CN(c7ccc(NC8CCC(=O)NC8=O)cc7F)C6)C5)CC4)cc3)nc2n1-c1ccc2c(n1)[C@@](O)(CC)CC2. The maximum absolute atomic E-state index is 15.2. The Kier molecular flexibility index (Phi) is 9.66. The van der Waals surface area contributed by atoms with Crippen LogP contribution in [0.25, 0.3) is 16.9 Å². The highest BCUT2D eigenvalue weighted by atomic mass is 19.1. The zero-order valence-electron chi connectivity index (χ0n) is 34.2. The largest absolute Gasteiger partial charge is 0.384 e. The minimum Gasteiger partial charge on any atom is -0.384 e. The highest BCUT2D eigenvalue weighted by Gasteiger charge is 2.53. The van der Waals surface area contributed by atoms with Gasteiger partial charge in [0.2, 0.25) is 17.8 Å². The fourth-order valence-electron chi connectivity index (χ4n) is 10.1. The number of benzene rings is 2. The van der Waals surface area contributed by atoms with Gasteiger partial charge in [-0.1, -0.05) is 19.1 Å². The van der Waals surface area contributed by atoms with Crippen molar-refractivity contribution in [3.63, 3.8) is 0 Å². The van der Waals surface area contributed by atoms with Gasteiger partial charge in [0.1, 0.15) is 22.8 Å². The van der Waals surface area contributed by atoms with Crippen LogP contribution in [-0.4, -0.2) is 97.5 Å². The van der Waals surface area contributed by atoms with Gasteiger partial charge in [0.15, 0.2) is 11.5 Å². The number of nitrogens with zero attached hydrogens (tertiary/aromatic N) is 8. The number of anilines is 5. The van der Waals surface area contributed by atoms with Crippen LogP contribution in [0.1, 0.15) is 56.7 Å². The molecule has 0 radical (unpaired) electrons. The molecule has 61 heavy (non-hydrogen) atoms. The second-order valence-corrected chi connectivity index (χ2v) is 17.4. The summed E-state index contributed by atoms with van der Waals surface area (Å²) in [5.74, 6) is -0.114. The van der Waals surface area contributed by atoms with Crippen LogP contribution in [0.4, 0.5) is 33.1 Å². The monoisotopic (exact) mass is 827 g/mol. The molecule has 7 heterocycles. The molecule has 2 atom stereocenters. The molecule has 4 saturated heterocycles. The molecule has 15 nitrogen and oxygen atoms in total. The molecule has 16 heteroatoms. The van der Waals surface area contributed by atoms with Gasteiger partial charge in [-0.2, -0.15) is 4.98 Å². The predicted octanol–water partition coefficient (Wildman–Crippen LogP) is 4.60. The van der Waals surface area contributed by atoms with Gasteiger partial charge in [0.25, 0.3) is 5.56 Å². The number of rotatable bonds is 11. The van der Waals surface area contributed by atoms with E-state index in [-0.39, 0.29) is 41.6 Å². The highest BCUT2D eigenvalue weighted by Crippen LogP contribution is 2.45. The maximum atomic E-state index is 15.2. The van der Waals surface area contributed by atoms with Crippen molar-refractivity contribution in [2.24, 2.45) is 5.41 Å². The third kappa shape index (κ3) is 7.00. The molecule has 0 bridgehead atoms. The van der Waals surface area contributed by atoms with Gasteiger partial charge in [0.05, 0.1) is 17.9 Å². The number of carbonyl (C=O) groups excluding carboxylic acids is 2. The number of pyridine rings is 1. The average Bonchev–Trinajstić information content (AvgIpc) is 3.71. The normalized spacial score (nSPS) is 22.5. The molecule has 0 saturated carbocycles. The van der Waals surface area contributed by atoms with Crippen molar-refractivity contribution < 1.29 is 19.1 Å². The minimum atomic E-state index is -0.998. The Morgan fingerprint density at radius 3 is 2.44 bits per heavy atom. The van der Waals surface area contributed by atoms with Crippen molar-refractivity contribution in [2.45, 2.75) is 76.1 Å². The van der Waals surface area contributed by atoms with Crippen LogP contribution < -0.4 is 31.3 Å². The fourth-order valence-corrected chi connectivity index (χ4v) is 10.1. The Balaban J connectivity index is 0.737. The number of aliphatic hydroxyl groups is 1. The van der Waals surface area contributed by atoms with Crippen LogP contribution in [0.3, 0.4) is 0 Å². The zero-order valence-corrected chi connectivity index (χ0v) is 34.2. The quantitative estimate of drug-likeness (QED) is 0.108. The minimum absolute atomic E-state index is 0.206. The predicted molar refractivity (Wildman–Crippen MR) is 231 cm³/mol. The summed E-state index contributed by atoms with van der Waals surface area (Å²) in [5.41, 5.74) is 4.14. The number of allylic oxidation sites excluding steroid dienone is 1. The molecular formula is C45H50FN11O4. The zero-order chi connectivity index (χ0) is 42.0. The second kappa shape index (κ2) is 15.1. The number of hydrogen-bond acceptors (Lipinski definition) is 12. The third-order valence-electron chi connectivity index (χ3n) is 13.5. The Morgan fingerprint density at radius 1 is 0.951 bits per heavy atom. The average molecular weight is 828 g/mol. The number of hydrogen-bond donors (Lipinski definition) is 4. The van der Waals surface area contributed by atoms with E-state index < -0.39 is 11.6 Å². The Bertz CT molecular complexity index is 2610. The summed E-state index contributed by atoms with van der Waals surface area (Å²) >= 11 is 0. The molecule has 1 unspecified atom stereocenters. The summed E-state index contributed by atoms with van der Waals surface area (Å²) in [6, 6.07) is 17.1. The smallest absolute Gasteiger partial charge is 0.278 e. The van der Waals surface area contributed by atoms with Crippen molar-refractivity contribution in [1.29, 1.82) is 0 Å². The Labute approximate surface area is 352 Å². The van der Waals surface area contributed by atoms with E-state index in [2.05, 4.69) is 54.3 Å². The van der Waals surface area contributed by atoms with Gasteiger partial charge in [0, 0.05) is 80.4 Å². The van der Waals surface area contributed by atoms with E-state index in [9.17, 15) is 19.5 Å². The molecule has 4 fully saturated rings. The van der Waals surface area contributed by atoms with Gasteiger partial charge in [-0.05, 0) is 92.6 Å². The molecule has 2 amide bonds. The Hall–Kier alpha value is -6.13. The lowest BCUT2D eigenvalue weighted by Gasteiger charge is -2.63. The number of carbonyl (C=O) groups is 2. The molecule has 5 aromatic rings. The van der Waals surface area contributed by atoms with Crippen LogP contribution in [0, 0.1) is 11.2 Å². The van der Waals surface area contributed by atoms with Crippen molar-refractivity contribution in [3.05, 3.63) is 101 Å². The first kappa shape index (κ1) is 39.0. The second-order valence-electron chi connectivity index (χ2n) is 17.4. The summed E-state index contributed by atoms with van der Waals surface area (Å²) in [7, 11) is 0. The molecule has 1 spiro atoms. The highest BCUT2D eigenvalue weighted by molar-refractivity contribution is 6.01. The van der Waals surface area contributed by atoms with E-state index in [1.807, 2.05) is 31.2 Å². The van der Waals surface area contributed by atoms with E-state index in [0.717, 1.165) is 75.5 Å². The molecule has 5 aliphatic rings. The first-order valence-electron chi connectivity index (χ1n) is 21.4. The van der Waals surface area contributed by atoms with Crippen LogP contribution in [0.2, 0.25) is 0 Å². The Morgan fingerprint density at radius 2 is 1.72 bits per heavy atom. The summed E-state index contributed by atoms with van der Waals surface area (Å²) < 4.78 is 18.4. The van der Waals surface area contributed by atoms with Crippen LogP contribution in [0.15, 0.2) is 78.2 Å². The molecule has 10 rings (SSSR count). The molecule has 316 valence electrons. The van der Waals surface area contributed by atoms with Crippen molar-refractivity contribution in [2.75, 3.05) is 59.7 Å². The third-order valence-corrected chi connectivity index (χ3v) is 13.5. The molecule has 1 aliphatic carbocycles. The lowest BCUT2D eigenvalue weighted by Crippen LogP contribution is -2.74. The molecule has 4 N–H and O–H groups in total. The summed E-state index contributed by atoms with van der Waals surface area (Å²) in [5, 5.41) is 20.3. The van der Waals surface area contributed by atoms with E-state index in [1.165, 1.54) is 6.07 Å². The van der Waals surface area contributed by atoms with E-state index >= 15 is 4.39 Å². The van der Waals surface area contributed by atoms with Crippen molar-refractivity contribution in [3.8, 4) is 5.82 Å². The summed E-state index contributed by atoms with van der Waals surface area (Å²) in [6.07, 6.45) is 7.94. The van der Waals surface area contributed by atoms with Gasteiger partial charge in [-0.25, -0.2) is 23.7 Å². The van der Waals surface area contributed by atoms with E-state index in [1.54, 1.807) is 33.8 Å². The van der Waals surface area contributed by atoms with Crippen molar-refractivity contribution >= 4 is 51.5 Å².